The molecule has 1 saturated heterocycles. The number of ether oxygens (including phenoxy) is 1. The lowest BCUT2D eigenvalue weighted by Crippen LogP contribution is -2.49. The Morgan fingerprint density at radius 1 is 1.26 bits per heavy atom. The summed E-state index contributed by atoms with van der Waals surface area (Å²) in [6.07, 6.45) is -0.324. The number of esters is 1. The maximum absolute atomic E-state index is 11.6. The molecule has 1 aliphatic rings. The zero-order valence-electron chi connectivity index (χ0n) is 11.9. The summed E-state index contributed by atoms with van der Waals surface area (Å²) in [4.78, 5) is 11.6. The molecule has 1 aliphatic heterocycles. The van der Waals surface area contributed by atoms with E-state index in [4.69, 9.17) is 44.0 Å². The van der Waals surface area contributed by atoms with E-state index in [1.54, 1.807) is 0 Å². The van der Waals surface area contributed by atoms with Crippen LogP contribution in [0, 0.1) is 0 Å². The van der Waals surface area contributed by atoms with Gasteiger partial charge in [0.1, 0.15) is 0 Å². The summed E-state index contributed by atoms with van der Waals surface area (Å²) in [6, 6.07) is 0. The molecule has 1 rings (SSSR count). The molecule has 0 aliphatic carbocycles. The highest BCUT2D eigenvalue weighted by Gasteiger charge is 2.45. The first-order valence-corrected chi connectivity index (χ1v) is 10.3. The topological polar surface area (TPSA) is 35.5 Å². The van der Waals surface area contributed by atoms with Gasteiger partial charge in [0.05, 0.1) is 12.5 Å². The van der Waals surface area contributed by atoms with Crippen LogP contribution in [0.3, 0.4) is 0 Å². The van der Waals surface area contributed by atoms with Gasteiger partial charge >= 0.3 is 5.97 Å². The number of hydrogen-bond donors (Lipinski definition) is 0. The highest BCUT2D eigenvalue weighted by atomic mass is 35.6. The fraction of sp³-hybridized carbons (Fsp3) is 0.917. The monoisotopic (exact) mass is 346 g/mol. The summed E-state index contributed by atoms with van der Waals surface area (Å²) in [5, 5.41) is 0.0732. The maximum Gasteiger partial charge on any atom is 0.308 e. The van der Waals surface area contributed by atoms with Gasteiger partial charge in [-0.1, -0.05) is 55.6 Å². The van der Waals surface area contributed by atoms with E-state index in [0.29, 0.717) is 6.42 Å². The highest BCUT2D eigenvalue weighted by Crippen LogP contribution is 2.41. The second-order valence-electron chi connectivity index (χ2n) is 6.46. The van der Waals surface area contributed by atoms with Gasteiger partial charge in [0, 0.05) is 6.42 Å². The largest absolute Gasteiger partial charge is 0.458 e. The number of carbonyl (C=O) groups excluding carboxylic acids is 1. The van der Waals surface area contributed by atoms with Gasteiger partial charge in [0.15, 0.2) is 14.4 Å². The van der Waals surface area contributed by atoms with Crippen molar-refractivity contribution in [3.63, 3.8) is 0 Å². The second-order valence-corrected chi connectivity index (χ2v) is 13.6. The predicted molar refractivity (Wildman–Crippen MR) is 81.5 cm³/mol. The zero-order chi connectivity index (χ0) is 15.1. The van der Waals surface area contributed by atoms with Crippen LogP contribution in [0.5, 0.6) is 0 Å². The number of hydrogen-bond acceptors (Lipinski definition) is 3. The zero-order valence-corrected chi connectivity index (χ0v) is 15.2. The molecule has 0 bridgehead atoms. The van der Waals surface area contributed by atoms with Crippen molar-refractivity contribution < 1.29 is 14.0 Å². The van der Waals surface area contributed by atoms with Gasteiger partial charge in [0.2, 0.25) is 3.79 Å². The fourth-order valence-corrected chi connectivity index (χ4v) is 3.41. The normalized spacial score (nSPS) is 26.2. The average molecular weight is 348 g/mol. The van der Waals surface area contributed by atoms with Crippen LogP contribution in [0.4, 0.5) is 0 Å². The SMILES string of the molecule is CC(C)(C)[Si](C)(C)O[C@H]1CC(=O)O[C@H](C(Cl)(Cl)Cl)C1. The maximum atomic E-state index is 11.6. The quantitative estimate of drug-likeness (QED) is 0.420. The Balaban J connectivity index is 2.77. The first-order chi connectivity index (χ1) is 8.33. The van der Waals surface area contributed by atoms with Crippen LogP contribution < -0.4 is 0 Å². The molecule has 0 radical (unpaired) electrons. The predicted octanol–water partition coefficient (Wildman–Crippen LogP) is 4.45. The minimum atomic E-state index is -1.95. The molecule has 0 N–H and O–H groups in total. The summed E-state index contributed by atoms with van der Waals surface area (Å²) < 4.78 is 9.68. The van der Waals surface area contributed by atoms with Crippen LogP contribution in [0.25, 0.3) is 0 Å². The summed E-state index contributed by atoms with van der Waals surface area (Å²) in [5.74, 6) is -0.369. The number of cyclic esters (lactones) is 1. The molecule has 1 heterocycles. The molecule has 7 heteroatoms. The van der Waals surface area contributed by atoms with Crippen molar-refractivity contribution in [2.45, 2.75) is 67.7 Å². The lowest BCUT2D eigenvalue weighted by molar-refractivity contribution is -0.159. The van der Waals surface area contributed by atoms with E-state index >= 15 is 0 Å². The Bertz CT molecular complexity index is 347. The molecular formula is C12H21Cl3O3Si. The molecule has 2 atom stereocenters. The van der Waals surface area contributed by atoms with Crippen LogP contribution >= 0.6 is 34.8 Å². The van der Waals surface area contributed by atoms with Gasteiger partial charge < -0.3 is 9.16 Å². The number of carbonyl (C=O) groups is 1. The molecular weight excluding hydrogens is 327 g/mol. The van der Waals surface area contributed by atoms with E-state index in [2.05, 4.69) is 33.9 Å². The van der Waals surface area contributed by atoms with Gasteiger partial charge in [-0.25, -0.2) is 0 Å². The minimum absolute atomic E-state index is 0.0732. The smallest absolute Gasteiger partial charge is 0.308 e. The molecule has 0 amide bonds. The van der Waals surface area contributed by atoms with Crippen molar-refractivity contribution >= 4 is 49.1 Å². The van der Waals surface area contributed by atoms with E-state index in [1.807, 2.05) is 0 Å². The molecule has 0 aromatic carbocycles. The van der Waals surface area contributed by atoms with Crippen molar-refractivity contribution in [2.75, 3.05) is 0 Å². The summed E-state index contributed by atoms with van der Waals surface area (Å²) in [5.41, 5.74) is 0. The van der Waals surface area contributed by atoms with Crippen LogP contribution in [0.1, 0.15) is 33.6 Å². The molecule has 1 fully saturated rings. The standard InChI is InChI=1S/C12H21Cl3O3Si/c1-11(2,3)19(4,5)18-8-6-9(12(13,14)15)17-10(16)7-8/h8-9H,6-7H2,1-5H3/t8-,9+/m1/s1. The first-order valence-electron chi connectivity index (χ1n) is 6.27. The van der Waals surface area contributed by atoms with Gasteiger partial charge in [-0.3, -0.25) is 4.79 Å². The number of alkyl halides is 3. The molecule has 0 aromatic heterocycles. The summed E-state index contributed by atoms with van der Waals surface area (Å²) in [7, 11) is -1.95. The van der Waals surface area contributed by atoms with Gasteiger partial charge in [-0.05, 0) is 18.1 Å². The van der Waals surface area contributed by atoms with Crippen molar-refractivity contribution in [3.8, 4) is 0 Å². The third-order valence-electron chi connectivity index (χ3n) is 3.78. The first kappa shape index (κ1) is 17.6. The van der Waals surface area contributed by atoms with Crippen molar-refractivity contribution in [1.82, 2.24) is 0 Å². The van der Waals surface area contributed by atoms with E-state index in [-0.39, 0.29) is 23.5 Å². The van der Waals surface area contributed by atoms with Gasteiger partial charge in [-0.15, -0.1) is 0 Å². The van der Waals surface area contributed by atoms with Crippen LogP contribution in [0.2, 0.25) is 18.1 Å². The summed E-state index contributed by atoms with van der Waals surface area (Å²) in [6.45, 7) is 10.7. The molecule has 112 valence electrons. The van der Waals surface area contributed by atoms with Gasteiger partial charge in [0.25, 0.3) is 0 Å². The van der Waals surface area contributed by atoms with Crippen LogP contribution in [0.15, 0.2) is 0 Å². The molecule has 0 unspecified atom stereocenters. The minimum Gasteiger partial charge on any atom is -0.458 e. The van der Waals surface area contributed by atoms with E-state index in [9.17, 15) is 4.79 Å². The highest BCUT2D eigenvalue weighted by molar-refractivity contribution is 6.74. The molecule has 0 aromatic rings. The lowest BCUT2D eigenvalue weighted by Gasteiger charge is -2.41. The van der Waals surface area contributed by atoms with Crippen LogP contribution in [-0.4, -0.2) is 30.3 Å². The number of rotatable bonds is 2. The van der Waals surface area contributed by atoms with Crippen molar-refractivity contribution in [1.29, 1.82) is 0 Å². The van der Waals surface area contributed by atoms with Crippen molar-refractivity contribution in [3.05, 3.63) is 0 Å². The van der Waals surface area contributed by atoms with E-state index in [0.717, 1.165) is 0 Å². The van der Waals surface area contributed by atoms with E-state index in [1.165, 1.54) is 0 Å². The third kappa shape index (κ3) is 4.78. The Hall–Kier alpha value is 0.517. The molecule has 0 spiro atoms. The van der Waals surface area contributed by atoms with Crippen molar-refractivity contribution in [2.24, 2.45) is 0 Å². The summed E-state index contributed by atoms with van der Waals surface area (Å²) >= 11 is 17.4. The Morgan fingerprint density at radius 3 is 2.21 bits per heavy atom. The Morgan fingerprint density at radius 2 is 1.79 bits per heavy atom. The third-order valence-corrected chi connectivity index (χ3v) is 9.04. The van der Waals surface area contributed by atoms with Gasteiger partial charge in [-0.2, -0.15) is 0 Å². The molecule has 0 saturated carbocycles. The molecule has 3 nitrogen and oxygen atoms in total. The average Bonchev–Trinajstić information content (AvgIpc) is 2.12. The fourth-order valence-electron chi connectivity index (χ4n) is 1.65. The second kappa shape index (κ2) is 5.72. The Kier molecular flexibility index (Phi) is 5.29. The van der Waals surface area contributed by atoms with Crippen LogP contribution in [-0.2, 0) is 14.0 Å². The number of halogens is 3. The molecule has 19 heavy (non-hydrogen) atoms. The Labute approximate surface area is 131 Å². The van der Waals surface area contributed by atoms with E-state index < -0.39 is 18.2 Å². The lowest BCUT2D eigenvalue weighted by atomic mass is 10.1.